The van der Waals surface area contributed by atoms with Crippen molar-refractivity contribution in [3.63, 3.8) is 0 Å². The molecule has 5 nitrogen and oxygen atoms in total. The van der Waals surface area contributed by atoms with E-state index in [1.165, 1.54) is 10.5 Å². The minimum absolute atomic E-state index is 0.421. The van der Waals surface area contributed by atoms with Crippen LogP contribution in [0.5, 0.6) is 0 Å². The Kier molecular flexibility index (Phi) is 3.11. The Bertz CT molecular complexity index is 711. The summed E-state index contributed by atoms with van der Waals surface area (Å²) in [6.07, 6.45) is 11.0. The number of aromatic amines is 1. The van der Waals surface area contributed by atoms with E-state index in [1.807, 2.05) is 43.7 Å². The highest BCUT2D eigenvalue weighted by Crippen LogP contribution is 2.42. The Labute approximate surface area is 127 Å². The van der Waals surface area contributed by atoms with Gasteiger partial charge >= 0.3 is 0 Å². The highest BCUT2D eigenvalue weighted by molar-refractivity contribution is 8.03. The Hall–Kier alpha value is -1.95. The molecule has 1 unspecified atom stereocenters. The summed E-state index contributed by atoms with van der Waals surface area (Å²) in [5, 5.41) is 0. The zero-order chi connectivity index (χ0) is 14.2. The van der Waals surface area contributed by atoms with Crippen molar-refractivity contribution >= 4 is 29.6 Å². The molecule has 21 heavy (non-hydrogen) atoms. The van der Waals surface area contributed by atoms with Crippen LogP contribution >= 0.6 is 11.8 Å². The van der Waals surface area contributed by atoms with Crippen molar-refractivity contribution in [2.24, 2.45) is 12.0 Å². The van der Waals surface area contributed by atoms with E-state index in [4.69, 9.17) is 0 Å². The first-order valence-corrected chi connectivity index (χ1v) is 8.09. The molecule has 0 saturated carbocycles. The Morgan fingerprint density at radius 2 is 2.38 bits per heavy atom. The number of aromatic nitrogens is 3. The molecule has 0 aromatic carbocycles. The van der Waals surface area contributed by atoms with E-state index < -0.39 is 0 Å². The number of aryl methyl sites for hydroxylation is 1. The number of imidazole rings is 1. The molecule has 2 aromatic rings. The summed E-state index contributed by atoms with van der Waals surface area (Å²) in [4.78, 5) is 15.6. The minimum Gasteiger partial charge on any atom is -0.346 e. The lowest BCUT2D eigenvalue weighted by Gasteiger charge is -2.30. The molecule has 0 radical (unpaired) electrons. The number of hydrogen-bond acceptors (Lipinski definition) is 4. The standard InChI is InChI=1S/C15H17N5S/c1-19-10-16-8-14(19)20-6-7-21-13(9-20)11-2-4-17-15-12(11)3-5-18-15/h3-5,8-11,18H,2,6-7H2,1H3. The Balaban J connectivity index is 1.68. The second-order valence-corrected chi connectivity index (χ2v) is 6.49. The van der Waals surface area contributed by atoms with E-state index >= 15 is 0 Å². The van der Waals surface area contributed by atoms with Crippen LogP contribution in [0.15, 0.2) is 40.9 Å². The number of thioether (sulfide) groups is 1. The summed E-state index contributed by atoms with van der Waals surface area (Å²) in [5.41, 5.74) is 1.31. The summed E-state index contributed by atoms with van der Waals surface area (Å²) in [6.45, 7) is 1.02. The van der Waals surface area contributed by atoms with Crippen LogP contribution in [0.2, 0.25) is 0 Å². The number of rotatable bonds is 2. The van der Waals surface area contributed by atoms with Gasteiger partial charge in [0.05, 0.1) is 12.5 Å². The van der Waals surface area contributed by atoms with Gasteiger partial charge in [-0.25, -0.2) is 9.98 Å². The van der Waals surface area contributed by atoms with E-state index in [0.29, 0.717) is 5.92 Å². The van der Waals surface area contributed by atoms with Gasteiger partial charge in [-0.2, -0.15) is 0 Å². The maximum absolute atomic E-state index is 4.44. The van der Waals surface area contributed by atoms with E-state index in [0.717, 1.165) is 30.4 Å². The molecule has 0 saturated heterocycles. The molecule has 0 bridgehead atoms. The third kappa shape index (κ3) is 2.19. The van der Waals surface area contributed by atoms with Crippen LogP contribution in [0.3, 0.4) is 0 Å². The van der Waals surface area contributed by atoms with Crippen LogP contribution in [0, 0.1) is 0 Å². The van der Waals surface area contributed by atoms with Gasteiger partial charge in [0.15, 0.2) is 0 Å². The fourth-order valence-corrected chi connectivity index (χ4v) is 4.08. The molecule has 6 heteroatoms. The molecule has 0 spiro atoms. The number of H-pyrrole nitrogens is 1. The van der Waals surface area contributed by atoms with Crippen molar-refractivity contribution in [3.05, 3.63) is 41.5 Å². The predicted molar refractivity (Wildman–Crippen MR) is 87.4 cm³/mol. The van der Waals surface area contributed by atoms with E-state index in [2.05, 4.69) is 36.7 Å². The van der Waals surface area contributed by atoms with Crippen LogP contribution in [-0.2, 0) is 7.05 Å². The molecule has 108 valence electrons. The molecular formula is C15H17N5S. The summed E-state index contributed by atoms with van der Waals surface area (Å²) >= 11 is 1.96. The van der Waals surface area contributed by atoms with Gasteiger partial charge < -0.3 is 14.5 Å². The maximum Gasteiger partial charge on any atom is 0.133 e. The molecule has 0 amide bonds. The largest absolute Gasteiger partial charge is 0.346 e. The molecule has 2 aromatic heterocycles. The molecule has 1 N–H and O–H groups in total. The zero-order valence-corrected chi connectivity index (χ0v) is 12.7. The lowest BCUT2D eigenvalue weighted by atomic mass is 9.95. The molecule has 0 fully saturated rings. The van der Waals surface area contributed by atoms with Gasteiger partial charge in [-0.15, -0.1) is 11.8 Å². The average molecular weight is 299 g/mol. The fourth-order valence-electron chi connectivity index (χ4n) is 2.93. The highest BCUT2D eigenvalue weighted by atomic mass is 32.2. The lowest BCUT2D eigenvalue weighted by Crippen LogP contribution is -2.26. The highest BCUT2D eigenvalue weighted by Gasteiger charge is 2.26. The molecule has 4 rings (SSSR count). The first kappa shape index (κ1) is 12.8. The smallest absolute Gasteiger partial charge is 0.133 e. The monoisotopic (exact) mass is 299 g/mol. The number of nitrogens with zero attached hydrogens (tertiary/aromatic N) is 4. The van der Waals surface area contributed by atoms with Gasteiger partial charge in [-0.3, -0.25) is 0 Å². The topological polar surface area (TPSA) is 49.2 Å². The molecule has 2 aliphatic heterocycles. The first-order chi connectivity index (χ1) is 10.3. The lowest BCUT2D eigenvalue weighted by molar-refractivity contribution is 0.830. The second kappa shape index (κ2) is 5.11. The number of anilines is 1. The average Bonchev–Trinajstić information content (AvgIpc) is 3.15. The van der Waals surface area contributed by atoms with Crippen LogP contribution in [0.1, 0.15) is 17.9 Å². The van der Waals surface area contributed by atoms with Gasteiger partial charge in [0, 0.05) is 54.3 Å². The zero-order valence-electron chi connectivity index (χ0n) is 11.9. The van der Waals surface area contributed by atoms with Crippen LogP contribution in [-0.4, -0.2) is 33.0 Å². The predicted octanol–water partition coefficient (Wildman–Crippen LogP) is 3.03. The van der Waals surface area contributed by atoms with Gasteiger partial charge in [-0.05, 0) is 12.5 Å². The van der Waals surface area contributed by atoms with Crippen LogP contribution < -0.4 is 4.90 Å². The summed E-state index contributed by atoms with van der Waals surface area (Å²) in [6, 6.07) is 2.15. The number of fused-ring (bicyclic) bond motifs is 1. The van der Waals surface area contributed by atoms with Gasteiger partial charge in [0.25, 0.3) is 0 Å². The number of aliphatic imine (C=N–C) groups is 1. The van der Waals surface area contributed by atoms with Crippen molar-refractivity contribution in [1.29, 1.82) is 0 Å². The van der Waals surface area contributed by atoms with E-state index in [1.54, 1.807) is 0 Å². The van der Waals surface area contributed by atoms with E-state index in [9.17, 15) is 0 Å². The van der Waals surface area contributed by atoms with Gasteiger partial charge in [0.1, 0.15) is 11.6 Å². The van der Waals surface area contributed by atoms with Gasteiger partial charge in [0.2, 0.25) is 0 Å². The Morgan fingerprint density at radius 1 is 1.43 bits per heavy atom. The maximum atomic E-state index is 4.44. The SMILES string of the molecule is Cn1cncc1N1C=C(C2CC=Nc3[nH]ccc32)SCC1. The number of nitrogens with one attached hydrogen (secondary N) is 1. The van der Waals surface area contributed by atoms with E-state index in [-0.39, 0.29) is 0 Å². The van der Waals surface area contributed by atoms with Crippen molar-refractivity contribution in [2.45, 2.75) is 12.3 Å². The minimum atomic E-state index is 0.421. The van der Waals surface area contributed by atoms with Crippen molar-refractivity contribution in [1.82, 2.24) is 14.5 Å². The summed E-state index contributed by atoms with van der Waals surface area (Å²) in [7, 11) is 2.04. The summed E-state index contributed by atoms with van der Waals surface area (Å²) in [5.74, 6) is 3.67. The second-order valence-electron chi connectivity index (χ2n) is 5.32. The Morgan fingerprint density at radius 3 is 3.24 bits per heavy atom. The van der Waals surface area contributed by atoms with Crippen molar-refractivity contribution in [3.8, 4) is 0 Å². The quantitative estimate of drug-likeness (QED) is 0.927. The third-order valence-electron chi connectivity index (χ3n) is 4.01. The van der Waals surface area contributed by atoms with Gasteiger partial charge in [-0.1, -0.05) is 0 Å². The van der Waals surface area contributed by atoms with Crippen molar-refractivity contribution in [2.75, 3.05) is 17.2 Å². The number of hydrogen-bond donors (Lipinski definition) is 1. The molecule has 2 aliphatic rings. The van der Waals surface area contributed by atoms with Crippen LogP contribution in [0.25, 0.3) is 0 Å². The molecular weight excluding hydrogens is 282 g/mol. The normalized spacial score (nSPS) is 21.3. The fraction of sp³-hybridized carbons (Fsp3) is 0.333. The first-order valence-electron chi connectivity index (χ1n) is 7.10. The molecule has 4 heterocycles. The van der Waals surface area contributed by atoms with Crippen molar-refractivity contribution < 1.29 is 0 Å². The van der Waals surface area contributed by atoms with Crippen LogP contribution in [0.4, 0.5) is 11.6 Å². The number of allylic oxidation sites excluding steroid dienone is 1. The summed E-state index contributed by atoms with van der Waals surface area (Å²) < 4.78 is 2.06. The molecule has 0 aliphatic carbocycles. The third-order valence-corrected chi connectivity index (χ3v) is 5.12. The molecule has 1 atom stereocenters.